The summed E-state index contributed by atoms with van der Waals surface area (Å²) < 4.78 is 4.41. The van der Waals surface area contributed by atoms with Gasteiger partial charge in [0.25, 0.3) is 0 Å². The highest BCUT2D eigenvalue weighted by Gasteiger charge is 2.25. The van der Waals surface area contributed by atoms with Crippen LogP contribution in [0.2, 0.25) is 0 Å². The lowest BCUT2D eigenvalue weighted by atomic mass is 9.81. The van der Waals surface area contributed by atoms with Crippen molar-refractivity contribution in [2.24, 2.45) is 11.7 Å². The molecule has 0 aromatic rings. The van der Waals surface area contributed by atoms with Crippen LogP contribution in [0.5, 0.6) is 0 Å². The monoisotopic (exact) mass is 194 g/mol. The Labute approximate surface area is 78.2 Å². The first-order valence-corrected chi connectivity index (χ1v) is 3.79. The molecule has 1 amide bonds. The second-order valence-electron chi connectivity index (χ2n) is 2.97. The lowest BCUT2D eigenvalue weighted by Gasteiger charge is -2.32. The van der Waals surface area contributed by atoms with Crippen LogP contribution in [0.25, 0.3) is 0 Å². The number of carbonyl (C=O) groups is 1. The predicted molar refractivity (Wildman–Crippen MR) is 48.4 cm³/mol. The van der Waals surface area contributed by atoms with Crippen LogP contribution in [-0.4, -0.2) is 25.8 Å². The Kier molecular flexibility index (Phi) is 5.01. The third-order valence-electron chi connectivity index (χ3n) is 1.99. The number of nitrogens with one attached hydrogen (secondary N) is 1. The number of ether oxygens (including phenoxy) is 1. The molecule has 4 nitrogen and oxygen atoms in total. The number of nitrogens with two attached hydrogens (primary N) is 1. The van der Waals surface area contributed by atoms with E-state index in [1.807, 2.05) is 0 Å². The fraction of sp³-hybridized carbons (Fsp3) is 0.857. The molecule has 5 heteroatoms. The zero-order chi connectivity index (χ0) is 8.27. The number of amides is 1. The number of hydrogen-bond donors (Lipinski definition) is 2. The number of halogens is 1. The summed E-state index contributed by atoms with van der Waals surface area (Å²) in [6.45, 7) is 0.695. The molecule has 0 bridgehead atoms. The van der Waals surface area contributed by atoms with E-state index in [-0.39, 0.29) is 18.5 Å². The molecule has 1 rings (SSSR count). The summed E-state index contributed by atoms with van der Waals surface area (Å²) in [4.78, 5) is 10.6. The van der Waals surface area contributed by atoms with Gasteiger partial charge in [0, 0.05) is 12.6 Å². The summed E-state index contributed by atoms with van der Waals surface area (Å²) in [6.07, 6.45) is 1.68. The summed E-state index contributed by atoms with van der Waals surface area (Å²) in [5.41, 5.74) is 5.56. The van der Waals surface area contributed by atoms with Crippen LogP contribution >= 0.6 is 12.4 Å². The Balaban J connectivity index is 0.00000121. The predicted octanol–water partition coefficient (Wildman–Crippen LogP) is 0.502. The van der Waals surface area contributed by atoms with Crippen molar-refractivity contribution in [3.63, 3.8) is 0 Å². The van der Waals surface area contributed by atoms with Gasteiger partial charge in [0.2, 0.25) is 0 Å². The van der Waals surface area contributed by atoms with Gasteiger partial charge in [-0.25, -0.2) is 4.79 Å². The molecule has 1 aliphatic carbocycles. The van der Waals surface area contributed by atoms with Gasteiger partial charge >= 0.3 is 6.09 Å². The van der Waals surface area contributed by atoms with Crippen molar-refractivity contribution in [3.05, 3.63) is 0 Å². The van der Waals surface area contributed by atoms with Crippen molar-refractivity contribution in [3.8, 4) is 0 Å². The largest absolute Gasteiger partial charge is 0.453 e. The first kappa shape index (κ1) is 11.5. The summed E-state index contributed by atoms with van der Waals surface area (Å²) in [7, 11) is 1.36. The Morgan fingerprint density at radius 1 is 1.67 bits per heavy atom. The summed E-state index contributed by atoms with van der Waals surface area (Å²) in [6, 6.07) is 0.347. The molecule has 0 unspecified atom stereocenters. The zero-order valence-electron chi connectivity index (χ0n) is 7.08. The van der Waals surface area contributed by atoms with E-state index < -0.39 is 0 Å². The third-order valence-corrected chi connectivity index (χ3v) is 1.99. The minimum Gasteiger partial charge on any atom is -0.453 e. The third kappa shape index (κ3) is 3.28. The Morgan fingerprint density at radius 2 is 2.25 bits per heavy atom. The normalized spacial score (nSPS) is 26.5. The van der Waals surface area contributed by atoms with E-state index in [2.05, 4.69) is 10.1 Å². The highest BCUT2D eigenvalue weighted by atomic mass is 35.5. The van der Waals surface area contributed by atoms with E-state index in [0.29, 0.717) is 18.5 Å². The van der Waals surface area contributed by atoms with Crippen LogP contribution in [0.15, 0.2) is 0 Å². The van der Waals surface area contributed by atoms with E-state index in [1.54, 1.807) is 0 Å². The number of carbonyl (C=O) groups excluding carboxylic acids is 1. The molecular formula is C7H15ClN2O2. The first-order valence-electron chi connectivity index (χ1n) is 3.79. The second-order valence-corrected chi connectivity index (χ2v) is 2.97. The molecule has 1 fully saturated rings. The molecular weight excluding hydrogens is 180 g/mol. The first-order chi connectivity index (χ1) is 5.22. The van der Waals surface area contributed by atoms with Gasteiger partial charge in [-0.05, 0) is 18.8 Å². The van der Waals surface area contributed by atoms with E-state index >= 15 is 0 Å². The molecule has 0 aliphatic heterocycles. The van der Waals surface area contributed by atoms with Gasteiger partial charge in [-0.1, -0.05) is 0 Å². The number of hydrogen-bond acceptors (Lipinski definition) is 3. The second kappa shape index (κ2) is 5.22. The van der Waals surface area contributed by atoms with E-state index in [9.17, 15) is 4.79 Å². The van der Waals surface area contributed by atoms with Gasteiger partial charge in [0.05, 0.1) is 7.11 Å². The van der Waals surface area contributed by atoms with Crippen molar-refractivity contribution in [2.45, 2.75) is 18.9 Å². The SMILES string of the molecule is COC(=O)NCC1CC(N)C1.Cl. The molecule has 12 heavy (non-hydrogen) atoms. The average Bonchev–Trinajstić information content (AvgIpc) is 1.95. The Morgan fingerprint density at radius 3 is 2.67 bits per heavy atom. The van der Waals surface area contributed by atoms with Crippen LogP contribution < -0.4 is 11.1 Å². The van der Waals surface area contributed by atoms with Gasteiger partial charge in [-0.15, -0.1) is 12.4 Å². The molecule has 0 aromatic heterocycles. The molecule has 0 aromatic carbocycles. The van der Waals surface area contributed by atoms with Gasteiger partial charge in [0.1, 0.15) is 0 Å². The molecule has 0 radical (unpaired) electrons. The fourth-order valence-electron chi connectivity index (χ4n) is 1.25. The smallest absolute Gasteiger partial charge is 0.406 e. The quantitative estimate of drug-likeness (QED) is 0.673. The van der Waals surface area contributed by atoms with E-state index in [4.69, 9.17) is 5.73 Å². The summed E-state index contributed by atoms with van der Waals surface area (Å²) in [5, 5.41) is 2.64. The maximum absolute atomic E-state index is 10.6. The molecule has 0 heterocycles. The van der Waals surface area contributed by atoms with Crippen LogP contribution in [0, 0.1) is 5.92 Å². The number of rotatable bonds is 2. The van der Waals surface area contributed by atoms with Gasteiger partial charge < -0.3 is 15.8 Å². The maximum Gasteiger partial charge on any atom is 0.406 e. The van der Waals surface area contributed by atoms with Gasteiger partial charge in [-0.3, -0.25) is 0 Å². The van der Waals surface area contributed by atoms with Gasteiger partial charge in [-0.2, -0.15) is 0 Å². The molecule has 1 saturated carbocycles. The topological polar surface area (TPSA) is 64.3 Å². The van der Waals surface area contributed by atoms with Crippen LogP contribution in [0.3, 0.4) is 0 Å². The highest BCUT2D eigenvalue weighted by Crippen LogP contribution is 2.24. The molecule has 0 atom stereocenters. The van der Waals surface area contributed by atoms with Crippen LogP contribution in [0.4, 0.5) is 4.79 Å². The zero-order valence-corrected chi connectivity index (χ0v) is 7.89. The van der Waals surface area contributed by atoms with Gasteiger partial charge in [0.15, 0.2) is 0 Å². The minimum absolute atomic E-state index is 0. The number of alkyl carbamates (subject to hydrolysis) is 1. The van der Waals surface area contributed by atoms with Crippen LogP contribution in [-0.2, 0) is 4.74 Å². The number of methoxy groups -OCH3 is 1. The minimum atomic E-state index is -0.356. The van der Waals surface area contributed by atoms with Crippen LogP contribution in [0.1, 0.15) is 12.8 Å². The van der Waals surface area contributed by atoms with Crippen molar-refractivity contribution >= 4 is 18.5 Å². The molecule has 0 saturated heterocycles. The van der Waals surface area contributed by atoms with Crippen molar-refractivity contribution in [1.29, 1.82) is 0 Å². The van der Waals surface area contributed by atoms with Crippen molar-refractivity contribution in [1.82, 2.24) is 5.32 Å². The molecule has 3 N–H and O–H groups in total. The highest BCUT2D eigenvalue weighted by molar-refractivity contribution is 5.85. The Hall–Kier alpha value is -0.480. The fourth-order valence-corrected chi connectivity index (χ4v) is 1.25. The van der Waals surface area contributed by atoms with E-state index in [0.717, 1.165) is 12.8 Å². The summed E-state index contributed by atoms with van der Waals surface area (Å²) >= 11 is 0. The maximum atomic E-state index is 10.6. The molecule has 1 aliphatic rings. The average molecular weight is 195 g/mol. The molecule has 72 valence electrons. The Bertz CT molecular complexity index is 148. The van der Waals surface area contributed by atoms with Crippen molar-refractivity contribution < 1.29 is 9.53 Å². The lowest BCUT2D eigenvalue weighted by molar-refractivity contribution is 0.163. The molecule has 0 spiro atoms. The van der Waals surface area contributed by atoms with Crippen molar-refractivity contribution in [2.75, 3.05) is 13.7 Å². The lowest BCUT2D eigenvalue weighted by Crippen LogP contribution is -2.42. The summed E-state index contributed by atoms with van der Waals surface area (Å²) in [5.74, 6) is 0.559. The van der Waals surface area contributed by atoms with E-state index in [1.165, 1.54) is 7.11 Å². The standard InChI is InChI=1S/C7H14N2O2.ClH/c1-11-7(10)9-4-5-2-6(8)3-5;/h5-6H,2-4,8H2,1H3,(H,9,10);1H.